The van der Waals surface area contributed by atoms with Gasteiger partial charge in [-0.05, 0) is 13.3 Å². The van der Waals surface area contributed by atoms with E-state index in [2.05, 4.69) is 10.3 Å². The van der Waals surface area contributed by atoms with Crippen LogP contribution in [-0.4, -0.2) is 11.6 Å². The third-order valence-corrected chi connectivity index (χ3v) is 3.72. The first-order chi connectivity index (χ1) is 9.61. The first kappa shape index (κ1) is 14.6. The highest BCUT2D eigenvalue weighted by Crippen LogP contribution is 2.31. The van der Waals surface area contributed by atoms with Gasteiger partial charge in [0.1, 0.15) is 5.01 Å². The van der Waals surface area contributed by atoms with Gasteiger partial charge in [-0.3, -0.25) is 0 Å². The van der Waals surface area contributed by atoms with Gasteiger partial charge in [0.25, 0.3) is 0 Å². The molecule has 1 atom stereocenters. The fourth-order valence-electron chi connectivity index (χ4n) is 1.76. The maximum absolute atomic E-state index is 13.7. The molecule has 4 nitrogen and oxygen atoms in total. The highest BCUT2D eigenvalue weighted by molar-refractivity contribution is 7.09. The monoisotopic (exact) mass is 295 g/mol. The van der Waals surface area contributed by atoms with Crippen molar-refractivity contribution in [2.75, 3.05) is 17.7 Å². The van der Waals surface area contributed by atoms with Gasteiger partial charge in [0.05, 0.1) is 24.0 Å². The normalized spacial score (nSPS) is 12.2. The molecule has 1 aromatic carbocycles. The molecular formula is C14H18FN3OS. The number of ether oxygens (including phenoxy) is 1. The Bertz CT molecular complexity index is 560. The second-order valence-corrected chi connectivity index (χ2v) is 5.38. The Morgan fingerprint density at radius 1 is 1.50 bits per heavy atom. The minimum absolute atomic E-state index is 0.00165. The third-order valence-electron chi connectivity index (χ3n) is 2.76. The topological polar surface area (TPSA) is 60.2 Å². The molecule has 0 fully saturated rings. The number of thiazole rings is 1. The van der Waals surface area contributed by atoms with Gasteiger partial charge in [-0.1, -0.05) is 6.92 Å². The van der Waals surface area contributed by atoms with E-state index in [0.29, 0.717) is 18.0 Å². The number of anilines is 2. The van der Waals surface area contributed by atoms with Crippen LogP contribution < -0.4 is 15.8 Å². The zero-order valence-electron chi connectivity index (χ0n) is 11.5. The molecule has 0 amide bonds. The Balaban J connectivity index is 2.18. The smallest absolute Gasteiger partial charge is 0.167 e. The van der Waals surface area contributed by atoms with Crippen molar-refractivity contribution in [3.63, 3.8) is 0 Å². The second kappa shape index (κ2) is 6.56. The van der Waals surface area contributed by atoms with Crippen molar-refractivity contribution in [2.24, 2.45) is 0 Å². The fourth-order valence-corrected chi connectivity index (χ4v) is 2.41. The van der Waals surface area contributed by atoms with Crippen LogP contribution in [0.3, 0.4) is 0 Å². The van der Waals surface area contributed by atoms with Crippen molar-refractivity contribution < 1.29 is 9.13 Å². The van der Waals surface area contributed by atoms with E-state index in [4.69, 9.17) is 10.5 Å². The lowest BCUT2D eigenvalue weighted by Crippen LogP contribution is -2.09. The molecular weight excluding hydrogens is 277 g/mol. The molecule has 20 heavy (non-hydrogen) atoms. The zero-order valence-corrected chi connectivity index (χ0v) is 12.3. The van der Waals surface area contributed by atoms with Crippen LogP contribution in [-0.2, 0) is 0 Å². The summed E-state index contributed by atoms with van der Waals surface area (Å²) >= 11 is 1.56. The van der Waals surface area contributed by atoms with Gasteiger partial charge >= 0.3 is 0 Å². The number of nitrogens with one attached hydrogen (secondary N) is 1. The lowest BCUT2D eigenvalue weighted by molar-refractivity contribution is 0.301. The summed E-state index contributed by atoms with van der Waals surface area (Å²) in [7, 11) is 0. The van der Waals surface area contributed by atoms with Crippen LogP contribution in [0.5, 0.6) is 5.75 Å². The second-order valence-electron chi connectivity index (χ2n) is 4.45. The molecule has 2 aromatic rings. The number of halogens is 1. The highest BCUT2D eigenvalue weighted by Gasteiger charge is 2.13. The van der Waals surface area contributed by atoms with E-state index in [-0.39, 0.29) is 11.8 Å². The quantitative estimate of drug-likeness (QED) is 0.795. The number of benzene rings is 1. The van der Waals surface area contributed by atoms with Crippen molar-refractivity contribution in [1.82, 2.24) is 4.98 Å². The summed E-state index contributed by atoms with van der Waals surface area (Å²) in [4.78, 5) is 4.24. The van der Waals surface area contributed by atoms with Crippen molar-refractivity contribution in [2.45, 2.75) is 26.3 Å². The number of aromatic nitrogens is 1. The molecule has 3 N–H and O–H groups in total. The van der Waals surface area contributed by atoms with E-state index in [0.717, 1.165) is 11.4 Å². The number of nitrogens with two attached hydrogens (primary N) is 1. The Kier molecular flexibility index (Phi) is 4.79. The first-order valence-corrected chi connectivity index (χ1v) is 7.37. The van der Waals surface area contributed by atoms with Gasteiger partial charge in [0, 0.05) is 23.7 Å². The average Bonchev–Trinajstić information content (AvgIpc) is 2.94. The summed E-state index contributed by atoms with van der Waals surface area (Å²) < 4.78 is 19.1. The minimum Gasteiger partial charge on any atom is -0.490 e. The molecule has 108 valence electrons. The molecule has 1 heterocycles. The molecule has 6 heteroatoms. The molecule has 0 aliphatic carbocycles. The van der Waals surface area contributed by atoms with Crippen LogP contribution in [0.25, 0.3) is 0 Å². The Labute approximate surface area is 121 Å². The third kappa shape index (κ3) is 3.39. The Morgan fingerprint density at radius 2 is 2.30 bits per heavy atom. The van der Waals surface area contributed by atoms with Crippen molar-refractivity contribution in [3.05, 3.63) is 34.5 Å². The Hall–Kier alpha value is -1.82. The van der Waals surface area contributed by atoms with Gasteiger partial charge < -0.3 is 15.8 Å². The summed E-state index contributed by atoms with van der Waals surface area (Å²) in [5.41, 5.74) is 6.85. The van der Waals surface area contributed by atoms with Crippen LogP contribution in [0.1, 0.15) is 31.3 Å². The molecule has 0 saturated heterocycles. The van der Waals surface area contributed by atoms with Gasteiger partial charge in [0.15, 0.2) is 11.6 Å². The number of nitrogen functional groups attached to an aromatic ring is 1. The summed E-state index contributed by atoms with van der Waals surface area (Å²) in [6.07, 6.45) is 2.57. The number of rotatable bonds is 6. The molecule has 0 bridgehead atoms. The van der Waals surface area contributed by atoms with Gasteiger partial charge in [-0.25, -0.2) is 9.37 Å². The average molecular weight is 295 g/mol. The van der Waals surface area contributed by atoms with E-state index in [9.17, 15) is 4.39 Å². The van der Waals surface area contributed by atoms with E-state index >= 15 is 0 Å². The molecule has 0 aliphatic heterocycles. The Morgan fingerprint density at radius 3 is 2.95 bits per heavy atom. The summed E-state index contributed by atoms with van der Waals surface area (Å²) in [5.74, 6) is -0.224. The first-order valence-electron chi connectivity index (χ1n) is 6.49. The molecule has 1 unspecified atom stereocenters. The maximum atomic E-state index is 13.7. The van der Waals surface area contributed by atoms with Crippen molar-refractivity contribution >= 4 is 22.7 Å². The minimum atomic E-state index is -0.441. The number of hydrogen-bond donors (Lipinski definition) is 2. The lowest BCUT2D eigenvalue weighted by atomic mass is 10.2. The van der Waals surface area contributed by atoms with Crippen LogP contribution >= 0.6 is 11.3 Å². The van der Waals surface area contributed by atoms with Gasteiger partial charge in [0.2, 0.25) is 0 Å². The standard InChI is InChI=1S/C14H18FN3OS/c1-3-5-19-13-8-12(11(16)7-10(13)15)18-9(2)14-17-4-6-20-14/h4,6-9,18H,3,5,16H2,1-2H3. The van der Waals surface area contributed by atoms with Crippen LogP contribution in [0.4, 0.5) is 15.8 Å². The molecule has 0 radical (unpaired) electrons. The van der Waals surface area contributed by atoms with E-state index in [1.165, 1.54) is 6.07 Å². The van der Waals surface area contributed by atoms with Crippen molar-refractivity contribution in [1.29, 1.82) is 0 Å². The fraction of sp³-hybridized carbons (Fsp3) is 0.357. The van der Waals surface area contributed by atoms with Crippen LogP contribution in [0, 0.1) is 5.82 Å². The SMILES string of the molecule is CCCOc1cc(NC(C)c2nccs2)c(N)cc1F. The predicted molar refractivity (Wildman–Crippen MR) is 80.8 cm³/mol. The predicted octanol–water partition coefficient (Wildman–Crippen LogP) is 3.83. The summed E-state index contributed by atoms with van der Waals surface area (Å²) in [6, 6.07) is 2.88. The largest absolute Gasteiger partial charge is 0.490 e. The molecule has 0 saturated carbocycles. The molecule has 0 spiro atoms. The highest BCUT2D eigenvalue weighted by atomic mass is 32.1. The van der Waals surface area contributed by atoms with Gasteiger partial charge in [-0.2, -0.15) is 0 Å². The lowest BCUT2D eigenvalue weighted by Gasteiger charge is -2.16. The van der Waals surface area contributed by atoms with Crippen LogP contribution in [0.15, 0.2) is 23.7 Å². The number of nitrogens with zero attached hydrogens (tertiary/aromatic N) is 1. The van der Waals surface area contributed by atoms with E-state index in [1.54, 1.807) is 23.6 Å². The summed E-state index contributed by atoms with van der Waals surface area (Å²) in [5, 5.41) is 6.10. The molecule has 0 aliphatic rings. The summed E-state index contributed by atoms with van der Waals surface area (Å²) in [6.45, 7) is 4.43. The van der Waals surface area contributed by atoms with Crippen molar-refractivity contribution in [3.8, 4) is 5.75 Å². The van der Waals surface area contributed by atoms with E-state index < -0.39 is 5.82 Å². The maximum Gasteiger partial charge on any atom is 0.167 e. The van der Waals surface area contributed by atoms with Gasteiger partial charge in [-0.15, -0.1) is 11.3 Å². The zero-order chi connectivity index (χ0) is 14.5. The number of hydrogen-bond acceptors (Lipinski definition) is 5. The molecule has 2 rings (SSSR count). The van der Waals surface area contributed by atoms with E-state index in [1.807, 2.05) is 19.2 Å². The van der Waals surface area contributed by atoms with Crippen LogP contribution in [0.2, 0.25) is 0 Å². The molecule has 1 aromatic heterocycles.